The van der Waals surface area contributed by atoms with Crippen molar-refractivity contribution in [1.29, 1.82) is 0 Å². The van der Waals surface area contributed by atoms with Gasteiger partial charge in [-0.1, -0.05) is 0 Å². The summed E-state index contributed by atoms with van der Waals surface area (Å²) in [4.78, 5) is 30.3. The Morgan fingerprint density at radius 3 is 2.41 bits per heavy atom. The van der Waals surface area contributed by atoms with E-state index in [1.165, 1.54) is 6.92 Å². The maximum absolute atomic E-state index is 12.0. The molecule has 3 rings (SSSR count). The van der Waals surface area contributed by atoms with E-state index in [0.29, 0.717) is 16.9 Å². The lowest BCUT2D eigenvalue weighted by molar-refractivity contribution is 0.101. The number of anilines is 2. The summed E-state index contributed by atoms with van der Waals surface area (Å²) < 4.78 is 0. The molecule has 0 aliphatic carbocycles. The molecule has 2 aromatic carbocycles. The van der Waals surface area contributed by atoms with E-state index in [1.807, 2.05) is 6.07 Å². The Hall–Kier alpha value is -3.15. The van der Waals surface area contributed by atoms with E-state index in [-0.39, 0.29) is 11.8 Å². The molecule has 0 radical (unpaired) electrons. The number of nitrogens with zero attached hydrogens (tertiary/aromatic N) is 1. The smallest absolute Gasteiger partial charge is 0.323 e. The molecule has 0 unspecified atom stereocenters. The van der Waals surface area contributed by atoms with Crippen molar-refractivity contribution in [2.45, 2.75) is 6.92 Å². The fourth-order valence-electron chi connectivity index (χ4n) is 2.10. The number of ketones is 1. The van der Waals surface area contributed by atoms with Crippen LogP contribution in [0.2, 0.25) is 0 Å². The quantitative estimate of drug-likeness (QED) is 0.647. The monoisotopic (exact) mass is 294 g/mol. The number of carbonyl (C=O) groups excluding carboxylic acids is 2. The molecular weight excluding hydrogens is 280 g/mol. The number of nitrogens with one attached hydrogen (secondary N) is 3. The first-order valence-corrected chi connectivity index (χ1v) is 6.74. The van der Waals surface area contributed by atoms with Crippen molar-refractivity contribution < 1.29 is 9.59 Å². The molecule has 1 aromatic heterocycles. The zero-order valence-corrected chi connectivity index (χ0v) is 11.9. The molecule has 0 aliphatic heterocycles. The number of aromatic amines is 1. The average molecular weight is 294 g/mol. The Labute approximate surface area is 126 Å². The molecule has 3 aromatic rings. The summed E-state index contributed by atoms with van der Waals surface area (Å²) in [5.74, 6) is -0.0103. The molecule has 0 spiro atoms. The zero-order chi connectivity index (χ0) is 15.5. The third-order valence-corrected chi connectivity index (χ3v) is 3.23. The molecule has 6 heteroatoms. The molecule has 0 aliphatic rings. The number of Topliss-reactive ketones (excluding diaryl/α,β-unsaturated/α-hetero) is 1. The van der Waals surface area contributed by atoms with Crippen molar-refractivity contribution in [3.63, 3.8) is 0 Å². The van der Waals surface area contributed by atoms with E-state index in [0.717, 1.165) is 11.0 Å². The molecule has 0 atom stereocenters. The van der Waals surface area contributed by atoms with Gasteiger partial charge in [-0.2, -0.15) is 0 Å². The van der Waals surface area contributed by atoms with Crippen LogP contribution in [0.15, 0.2) is 48.8 Å². The van der Waals surface area contributed by atoms with Gasteiger partial charge in [0.2, 0.25) is 0 Å². The summed E-state index contributed by atoms with van der Waals surface area (Å²) >= 11 is 0. The highest BCUT2D eigenvalue weighted by Crippen LogP contribution is 2.16. The van der Waals surface area contributed by atoms with Crippen LogP contribution in [0, 0.1) is 0 Å². The third kappa shape index (κ3) is 2.95. The second-order valence-corrected chi connectivity index (χ2v) is 4.85. The fourth-order valence-corrected chi connectivity index (χ4v) is 2.10. The lowest BCUT2D eigenvalue weighted by Crippen LogP contribution is -2.19. The molecule has 2 amide bonds. The molecule has 0 fully saturated rings. The van der Waals surface area contributed by atoms with Crippen LogP contribution in [0.4, 0.5) is 16.2 Å². The van der Waals surface area contributed by atoms with Gasteiger partial charge in [0.1, 0.15) is 0 Å². The number of hydrogen-bond donors (Lipinski definition) is 3. The first kappa shape index (κ1) is 13.8. The van der Waals surface area contributed by atoms with Crippen molar-refractivity contribution in [1.82, 2.24) is 9.97 Å². The lowest BCUT2D eigenvalue weighted by atomic mass is 10.1. The van der Waals surface area contributed by atoms with Crippen LogP contribution in [-0.2, 0) is 0 Å². The summed E-state index contributed by atoms with van der Waals surface area (Å²) in [6, 6.07) is 11.8. The van der Waals surface area contributed by atoms with Gasteiger partial charge in [0.05, 0.1) is 17.4 Å². The zero-order valence-electron chi connectivity index (χ0n) is 11.9. The molecule has 0 bridgehead atoms. The van der Waals surface area contributed by atoms with Crippen molar-refractivity contribution in [2.24, 2.45) is 0 Å². The van der Waals surface area contributed by atoms with Gasteiger partial charge in [-0.25, -0.2) is 9.78 Å². The Morgan fingerprint density at radius 1 is 1.00 bits per heavy atom. The molecule has 22 heavy (non-hydrogen) atoms. The number of imidazole rings is 1. The predicted molar refractivity (Wildman–Crippen MR) is 85.2 cm³/mol. The van der Waals surface area contributed by atoms with E-state index in [2.05, 4.69) is 20.6 Å². The molecule has 110 valence electrons. The van der Waals surface area contributed by atoms with Crippen LogP contribution in [-0.4, -0.2) is 21.8 Å². The highest BCUT2D eigenvalue weighted by atomic mass is 16.2. The van der Waals surface area contributed by atoms with Crippen molar-refractivity contribution in [2.75, 3.05) is 10.6 Å². The van der Waals surface area contributed by atoms with Crippen LogP contribution in [0.5, 0.6) is 0 Å². The fraction of sp³-hybridized carbons (Fsp3) is 0.0625. The maximum Gasteiger partial charge on any atom is 0.323 e. The van der Waals surface area contributed by atoms with Gasteiger partial charge in [-0.05, 0) is 49.4 Å². The highest BCUT2D eigenvalue weighted by Gasteiger charge is 2.05. The number of rotatable bonds is 3. The van der Waals surface area contributed by atoms with Crippen LogP contribution in [0.1, 0.15) is 17.3 Å². The van der Waals surface area contributed by atoms with Crippen LogP contribution in [0.3, 0.4) is 0 Å². The first-order chi connectivity index (χ1) is 10.6. The molecule has 0 saturated heterocycles. The normalized spacial score (nSPS) is 10.4. The predicted octanol–water partition coefficient (Wildman–Crippen LogP) is 3.41. The SMILES string of the molecule is CC(=O)c1ccc(NC(=O)Nc2ccc3nc[nH]c3c2)cc1. The van der Waals surface area contributed by atoms with Gasteiger partial charge in [-0.3, -0.25) is 4.79 Å². The number of benzene rings is 2. The molecule has 6 nitrogen and oxygen atoms in total. The number of aromatic nitrogens is 2. The van der Waals surface area contributed by atoms with Gasteiger partial charge in [-0.15, -0.1) is 0 Å². The van der Waals surface area contributed by atoms with E-state index in [9.17, 15) is 9.59 Å². The summed E-state index contributed by atoms with van der Waals surface area (Å²) in [6.45, 7) is 1.50. The van der Waals surface area contributed by atoms with Crippen LogP contribution < -0.4 is 10.6 Å². The summed E-state index contributed by atoms with van der Waals surface area (Å²) in [7, 11) is 0. The summed E-state index contributed by atoms with van der Waals surface area (Å²) in [5, 5.41) is 5.46. The number of amides is 2. The third-order valence-electron chi connectivity index (χ3n) is 3.23. The maximum atomic E-state index is 12.0. The Bertz CT molecular complexity index is 837. The minimum atomic E-state index is -0.352. The van der Waals surface area contributed by atoms with Gasteiger partial charge in [0.25, 0.3) is 0 Å². The van der Waals surface area contributed by atoms with E-state index in [1.54, 1.807) is 42.7 Å². The molecular formula is C16H14N4O2. The van der Waals surface area contributed by atoms with Crippen LogP contribution in [0.25, 0.3) is 11.0 Å². The number of hydrogen-bond acceptors (Lipinski definition) is 3. The van der Waals surface area contributed by atoms with Crippen molar-refractivity contribution >= 4 is 34.2 Å². The van der Waals surface area contributed by atoms with Gasteiger partial charge < -0.3 is 15.6 Å². The molecule has 0 saturated carbocycles. The van der Waals surface area contributed by atoms with Gasteiger partial charge in [0.15, 0.2) is 5.78 Å². The lowest BCUT2D eigenvalue weighted by Gasteiger charge is -2.08. The van der Waals surface area contributed by atoms with Gasteiger partial charge in [0, 0.05) is 16.9 Å². The standard InChI is InChI=1S/C16H14N4O2/c1-10(21)11-2-4-12(5-3-11)19-16(22)20-13-6-7-14-15(8-13)18-9-17-14/h2-9H,1H3,(H,17,18)(H2,19,20,22). The number of H-pyrrole nitrogens is 1. The van der Waals surface area contributed by atoms with Crippen molar-refractivity contribution in [3.8, 4) is 0 Å². The minimum Gasteiger partial charge on any atom is -0.345 e. The highest BCUT2D eigenvalue weighted by molar-refractivity contribution is 6.01. The Morgan fingerprint density at radius 2 is 1.68 bits per heavy atom. The van der Waals surface area contributed by atoms with Crippen LogP contribution >= 0.6 is 0 Å². The second-order valence-electron chi connectivity index (χ2n) is 4.85. The molecule has 3 N–H and O–H groups in total. The van der Waals surface area contributed by atoms with Crippen molar-refractivity contribution in [3.05, 3.63) is 54.4 Å². The first-order valence-electron chi connectivity index (χ1n) is 6.74. The van der Waals surface area contributed by atoms with E-state index >= 15 is 0 Å². The summed E-state index contributed by atoms with van der Waals surface area (Å²) in [5.41, 5.74) is 3.57. The molecule has 1 heterocycles. The van der Waals surface area contributed by atoms with Gasteiger partial charge >= 0.3 is 6.03 Å². The number of carbonyl (C=O) groups is 2. The number of urea groups is 1. The second kappa shape index (κ2) is 5.69. The Balaban J connectivity index is 1.67. The van der Waals surface area contributed by atoms with E-state index in [4.69, 9.17) is 0 Å². The largest absolute Gasteiger partial charge is 0.345 e. The average Bonchev–Trinajstić information content (AvgIpc) is 2.95. The summed E-state index contributed by atoms with van der Waals surface area (Å²) in [6.07, 6.45) is 1.60. The minimum absolute atomic E-state index is 0.0103. The Kier molecular flexibility index (Phi) is 3.57. The topological polar surface area (TPSA) is 86.9 Å². The van der Waals surface area contributed by atoms with E-state index < -0.39 is 0 Å². The number of fused-ring (bicyclic) bond motifs is 1.